The van der Waals surface area contributed by atoms with E-state index in [1.54, 1.807) is 10.9 Å². The van der Waals surface area contributed by atoms with Gasteiger partial charge in [0.1, 0.15) is 17.9 Å². The average Bonchev–Trinajstić information content (AvgIpc) is 3.17. The number of primary amides is 1. The third kappa shape index (κ3) is 4.70. The van der Waals surface area contributed by atoms with Gasteiger partial charge in [0.2, 0.25) is 11.9 Å². The molecule has 1 saturated heterocycles. The van der Waals surface area contributed by atoms with Crippen LogP contribution in [0.1, 0.15) is 29.9 Å². The van der Waals surface area contributed by atoms with Crippen molar-refractivity contribution in [1.29, 1.82) is 0 Å². The molecule has 0 unspecified atom stereocenters. The lowest BCUT2D eigenvalue weighted by Crippen LogP contribution is -2.29. The Balaban J connectivity index is 1.74. The van der Waals surface area contributed by atoms with E-state index in [1.807, 2.05) is 12.1 Å². The number of nitrogens with two attached hydrogens (primary N) is 1. The lowest BCUT2D eigenvalue weighted by Gasteiger charge is -2.30. The summed E-state index contributed by atoms with van der Waals surface area (Å²) in [7, 11) is 3.45. The number of rotatable bonds is 6. The fraction of sp³-hybridized carbons (Fsp3) is 0.429. The van der Waals surface area contributed by atoms with Crippen LogP contribution in [0.4, 0.5) is 30.6 Å². The van der Waals surface area contributed by atoms with Crippen molar-refractivity contribution in [2.75, 3.05) is 37.8 Å². The Morgan fingerprint density at radius 3 is 2.61 bits per heavy atom. The predicted octanol–water partition coefficient (Wildman–Crippen LogP) is 2.92. The number of likely N-dealkylation sites (tertiary alicyclic amines) is 1. The average molecular weight is 462 g/mol. The number of carbonyl (C=O) groups excluding carboxylic acids is 1. The molecule has 1 fully saturated rings. The summed E-state index contributed by atoms with van der Waals surface area (Å²) in [6, 6.07) is 3.80. The Labute approximate surface area is 188 Å². The topological polar surface area (TPSA) is 114 Å². The Morgan fingerprint density at radius 2 is 1.97 bits per heavy atom. The van der Waals surface area contributed by atoms with Crippen LogP contribution in [0.5, 0.6) is 0 Å². The molecule has 4 N–H and O–H groups in total. The van der Waals surface area contributed by atoms with Crippen LogP contribution in [-0.4, -0.2) is 57.7 Å². The van der Waals surface area contributed by atoms with Crippen LogP contribution in [0.3, 0.4) is 0 Å². The first-order valence-corrected chi connectivity index (χ1v) is 10.5. The van der Waals surface area contributed by atoms with Crippen molar-refractivity contribution in [3.8, 4) is 0 Å². The van der Waals surface area contributed by atoms with Crippen LogP contribution in [-0.2, 0) is 17.5 Å². The fourth-order valence-electron chi connectivity index (χ4n) is 4.21. The van der Waals surface area contributed by atoms with Crippen molar-refractivity contribution in [2.45, 2.75) is 31.5 Å². The number of nitrogens with zero attached hydrogens (tertiary/aromatic N) is 5. The molecule has 2 aromatic heterocycles. The smallest absolute Gasteiger partial charge is 0.372 e. The van der Waals surface area contributed by atoms with Gasteiger partial charge in [-0.3, -0.25) is 9.48 Å². The quantitative estimate of drug-likeness (QED) is 0.516. The minimum absolute atomic E-state index is 0.00309. The Hall–Kier alpha value is -3.41. The number of piperidine rings is 1. The van der Waals surface area contributed by atoms with E-state index < -0.39 is 17.6 Å². The maximum atomic E-state index is 13.2. The molecule has 12 heteroatoms. The SMILES string of the molecule is CNc1nc(Nc2ccc(C3CCN(C)CC3)c3c2cnn3CC(N)=O)ncc1C(F)(F)F. The van der Waals surface area contributed by atoms with Gasteiger partial charge in [0.25, 0.3) is 0 Å². The van der Waals surface area contributed by atoms with Gasteiger partial charge in [-0.25, -0.2) is 4.98 Å². The molecule has 176 valence electrons. The number of alkyl halides is 3. The van der Waals surface area contributed by atoms with E-state index in [2.05, 4.69) is 37.6 Å². The van der Waals surface area contributed by atoms with Gasteiger partial charge < -0.3 is 21.3 Å². The second-order valence-electron chi connectivity index (χ2n) is 8.14. The highest BCUT2D eigenvalue weighted by Gasteiger charge is 2.35. The summed E-state index contributed by atoms with van der Waals surface area (Å²) >= 11 is 0. The summed E-state index contributed by atoms with van der Waals surface area (Å²) in [4.78, 5) is 21.7. The number of nitrogens with one attached hydrogen (secondary N) is 2. The third-order valence-corrected chi connectivity index (χ3v) is 5.87. The molecule has 33 heavy (non-hydrogen) atoms. The van der Waals surface area contributed by atoms with E-state index in [0.717, 1.165) is 43.2 Å². The second kappa shape index (κ2) is 8.85. The number of benzene rings is 1. The van der Waals surface area contributed by atoms with E-state index in [-0.39, 0.29) is 18.3 Å². The first kappa shape index (κ1) is 22.8. The highest BCUT2D eigenvalue weighted by molar-refractivity contribution is 5.95. The third-order valence-electron chi connectivity index (χ3n) is 5.87. The molecule has 1 amide bonds. The van der Waals surface area contributed by atoms with Crippen molar-refractivity contribution in [2.24, 2.45) is 5.73 Å². The molecule has 9 nitrogen and oxygen atoms in total. The predicted molar refractivity (Wildman–Crippen MR) is 118 cm³/mol. The van der Waals surface area contributed by atoms with Crippen molar-refractivity contribution < 1.29 is 18.0 Å². The van der Waals surface area contributed by atoms with Crippen molar-refractivity contribution in [3.05, 3.63) is 35.7 Å². The summed E-state index contributed by atoms with van der Waals surface area (Å²) in [6.45, 7) is 1.85. The van der Waals surface area contributed by atoms with Crippen LogP contribution in [0.25, 0.3) is 10.9 Å². The van der Waals surface area contributed by atoms with Gasteiger partial charge >= 0.3 is 6.18 Å². The fourth-order valence-corrected chi connectivity index (χ4v) is 4.21. The summed E-state index contributed by atoms with van der Waals surface area (Å²) < 4.78 is 41.1. The molecule has 0 spiro atoms. The van der Waals surface area contributed by atoms with Crippen molar-refractivity contribution in [1.82, 2.24) is 24.6 Å². The van der Waals surface area contributed by atoms with Gasteiger partial charge in [0.05, 0.1) is 17.4 Å². The second-order valence-corrected chi connectivity index (χ2v) is 8.14. The van der Waals surface area contributed by atoms with Gasteiger partial charge in [-0.2, -0.15) is 23.3 Å². The Morgan fingerprint density at radius 1 is 1.24 bits per heavy atom. The normalized spacial score (nSPS) is 15.7. The van der Waals surface area contributed by atoms with Crippen molar-refractivity contribution in [3.63, 3.8) is 0 Å². The monoisotopic (exact) mass is 462 g/mol. The van der Waals surface area contributed by atoms with Gasteiger partial charge in [0.15, 0.2) is 0 Å². The number of aromatic nitrogens is 4. The van der Waals surface area contributed by atoms with Crippen LogP contribution < -0.4 is 16.4 Å². The summed E-state index contributed by atoms with van der Waals surface area (Å²) in [6.07, 6.45) is -0.291. The van der Waals surface area contributed by atoms with Crippen LogP contribution in [0, 0.1) is 0 Å². The number of halogens is 3. The largest absolute Gasteiger partial charge is 0.421 e. The molecule has 3 aromatic rings. The highest BCUT2D eigenvalue weighted by atomic mass is 19.4. The molecule has 0 saturated carbocycles. The zero-order valence-corrected chi connectivity index (χ0v) is 18.3. The first-order chi connectivity index (χ1) is 15.7. The van der Waals surface area contributed by atoms with E-state index in [1.165, 1.54) is 7.05 Å². The Kier molecular flexibility index (Phi) is 6.11. The molecule has 0 bridgehead atoms. The molecule has 0 atom stereocenters. The minimum Gasteiger partial charge on any atom is -0.372 e. The van der Waals surface area contributed by atoms with Gasteiger partial charge in [0, 0.05) is 18.6 Å². The molecular formula is C21H25F3N8O. The lowest BCUT2D eigenvalue weighted by atomic mass is 9.88. The molecular weight excluding hydrogens is 437 g/mol. The van der Waals surface area contributed by atoms with Gasteiger partial charge in [-0.1, -0.05) is 6.07 Å². The highest BCUT2D eigenvalue weighted by Crippen LogP contribution is 2.37. The number of carbonyl (C=O) groups is 1. The zero-order chi connectivity index (χ0) is 23.8. The molecule has 4 rings (SSSR count). The number of hydrogen-bond acceptors (Lipinski definition) is 7. The van der Waals surface area contributed by atoms with E-state index in [9.17, 15) is 18.0 Å². The molecule has 1 aliphatic rings. The molecule has 0 aliphatic carbocycles. The maximum Gasteiger partial charge on any atom is 0.421 e. The molecule has 3 heterocycles. The van der Waals surface area contributed by atoms with Gasteiger partial charge in [-0.05, 0) is 50.5 Å². The van der Waals surface area contributed by atoms with E-state index >= 15 is 0 Å². The summed E-state index contributed by atoms with van der Waals surface area (Å²) in [5, 5.41) is 10.5. The lowest BCUT2D eigenvalue weighted by molar-refractivity contribution is -0.137. The van der Waals surface area contributed by atoms with Gasteiger partial charge in [-0.15, -0.1) is 0 Å². The van der Waals surface area contributed by atoms with Crippen LogP contribution in [0.2, 0.25) is 0 Å². The Bertz CT molecular complexity index is 1170. The minimum atomic E-state index is -4.57. The van der Waals surface area contributed by atoms with Crippen LogP contribution >= 0.6 is 0 Å². The zero-order valence-electron chi connectivity index (χ0n) is 18.3. The first-order valence-electron chi connectivity index (χ1n) is 10.5. The van der Waals surface area contributed by atoms with Crippen LogP contribution in [0.15, 0.2) is 24.5 Å². The molecule has 1 aromatic carbocycles. The summed E-state index contributed by atoms with van der Waals surface area (Å²) in [5.74, 6) is -0.552. The van der Waals surface area contributed by atoms with E-state index in [4.69, 9.17) is 5.73 Å². The molecule has 0 radical (unpaired) electrons. The summed E-state index contributed by atoms with van der Waals surface area (Å²) in [5.41, 5.74) is 6.87. The number of anilines is 3. The maximum absolute atomic E-state index is 13.2. The standard InChI is InChI=1S/C21H25F3N8O/c1-26-19-15(21(22,23)24)10-27-20(30-19)29-16-4-3-13(12-5-7-31(2)8-6-12)18-14(16)9-28-32(18)11-17(25)33/h3-4,9-10,12H,5-8,11H2,1-2H3,(H2,25,33)(H2,26,27,29,30). The van der Waals surface area contributed by atoms with Crippen molar-refractivity contribution >= 4 is 34.3 Å². The molecule has 1 aliphatic heterocycles. The number of hydrogen-bond donors (Lipinski definition) is 3. The van der Waals surface area contributed by atoms with E-state index in [0.29, 0.717) is 17.0 Å². The number of amides is 1. The number of fused-ring (bicyclic) bond motifs is 1.